The third kappa shape index (κ3) is 8.30. The van der Waals surface area contributed by atoms with Crippen molar-refractivity contribution in [2.24, 2.45) is 0 Å². The van der Waals surface area contributed by atoms with E-state index in [1.54, 1.807) is 26.2 Å². The van der Waals surface area contributed by atoms with Crippen molar-refractivity contribution in [3.63, 3.8) is 0 Å². The first kappa shape index (κ1) is 38.1. The van der Waals surface area contributed by atoms with E-state index < -0.39 is 12.2 Å². The predicted octanol–water partition coefficient (Wildman–Crippen LogP) is 7.84. The number of fused-ring (bicyclic) bond motifs is 1. The molecule has 0 bridgehead atoms. The molecule has 1 unspecified atom stereocenters. The molecule has 1 aliphatic heterocycles. The highest BCUT2D eigenvalue weighted by Crippen LogP contribution is 2.43. The SMILES string of the molecule is COc1nc(-c2cccc(-c3cccc(-c4ccc5c(OC)c(CNCC(C)O)cc(Cl)c5n4)c3Cl)c2Cl)ccc1CN(C[C@@H]1CCC(=O)N1)C(=O)O. The van der Waals surface area contributed by atoms with Gasteiger partial charge in [0.15, 0.2) is 0 Å². The molecule has 6 rings (SSSR count). The third-order valence-corrected chi connectivity index (χ3v) is 10.1. The molecule has 4 N–H and O–H groups in total. The molecule has 5 aromatic rings. The number of carbonyl (C=O) groups excluding carboxylic acids is 1. The van der Waals surface area contributed by atoms with Crippen LogP contribution in [-0.2, 0) is 17.9 Å². The van der Waals surface area contributed by atoms with Crippen molar-refractivity contribution in [1.82, 2.24) is 25.5 Å². The second-order valence-electron chi connectivity index (χ2n) is 12.8. The molecule has 0 saturated carbocycles. The summed E-state index contributed by atoms with van der Waals surface area (Å²) >= 11 is 21.0. The number of rotatable bonds is 13. The molecule has 2 aromatic heterocycles. The summed E-state index contributed by atoms with van der Waals surface area (Å²) in [6, 6.07) is 20.1. The van der Waals surface area contributed by atoms with Crippen LogP contribution in [0.1, 0.15) is 30.9 Å². The highest BCUT2D eigenvalue weighted by molar-refractivity contribution is 6.39. The zero-order valence-electron chi connectivity index (χ0n) is 29.3. The molecule has 11 nitrogen and oxygen atoms in total. The summed E-state index contributed by atoms with van der Waals surface area (Å²) in [7, 11) is 3.07. The Labute approximate surface area is 321 Å². The van der Waals surface area contributed by atoms with E-state index in [-0.39, 0.29) is 30.9 Å². The summed E-state index contributed by atoms with van der Waals surface area (Å²) in [5.74, 6) is 0.814. The summed E-state index contributed by atoms with van der Waals surface area (Å²) in [5.41, 5.74) is 5.75. The minimum atomic E-state index is -1.11. The van der Waals surface area contributed by atoms with Crippen molar-refractivity contribution in [1.29, 1.82) is 0 Å². The molecule has 0 radical (unpaired) electrons. The van der Waals surface area contributed by atoms with Crippen molar-refractivity contribution >= 4 is 57.7 Å². The molecular formula is C39H38Cl3N5O6. The van der Waals surface area contributed by atoms with Crippen molar-refractivity contribution in [2.75, 3.05) is 27.3 Å². The van der Waals surface area contributed by atoms with Crippen LogP contribution in [0.5, 0.6) is 11.6 Å². The average Bonchev–Trinajstić information content (AvgIpc) is 3.56. The first-order valence-electron chi connectivity index (χ1n) is 16.9. The van der Waals surface area contributed by atoms with E-state index in [2.05, 4.69) is 10.6 Å². The number of carboxylic acid groups (broad SMARTS) is 1. The molecule has 1 fully saturated rings. The zero-order chi connectivity index (χ0) is 37.8. The van der Waals surface area contributed by atoms with Gasteiger partial charge in [0.25, 0.3) is 0 Å². The van der Waals surface area contributed by atoms with Gasteiger partial charge in [-0.25, -0.2) is 14.8 Å². The quantitative estimate of drug-likeness (QED) is 0.0940. The molecule has 0 aliphatic carbocycles. The van der Waals surface area contributed by atoms with Gasteiger partial charge in [-0.15, -0.1) is 0 Å². The van der Waals surface area contributed by atoms with Crippen LogP contribution < -0.4 is 20.1 Å². The van der Waals surface area contributed by atoms with Crippen molar-refractivity contribution < 1.29 is 29.3 Å². The Hall–Kier alpha value is -4.65. The number of aromatic nitrogens is 2. The number of hydrogen-bond acceptors (Lipinski definition) is 8. The van der Waals surface area contributed by atoms with Crippen LogP contribution in [0.15, 0.2) is 66.7 Å². The Morgan fingerprint density at radius 3 is 2.17 bits per heavy atom. The zero-order valence-corrected chi connectivity index (χ0v) is 31.5. The average molecular weight is 779 g/mol. The third-order valence-electron chi connectivity index (χ3n) is 9.05. The lowest BCUT2D eigenvalue weighted by molar-refractivity contribution is -0.119. The van der Waals surface area contributed by atoms with E-state index in [0.717, 1.165) is 10.9 Å². The molecule has 3 aromatic carbocycles. The lowest BCUT2D eigenvalue weighted by Gasteiger charge is -2.23. The van der Waals surface area contributed by atoms with Gasteiger partial charge < -0.3 is 35.2 Å². The van der Waals surface area contributed by atoms with E-state index in [4.69, 9.17) is 54.2 Å². The lowest BCUT2D eigenvalue weighted by atomic mass is 9.97. The molecule has 2 amide bonds. The van der Waals surface area contributed by atoms with Crippen molar-refractivity contribution in [3.8, 4) is 45.3 Å². The number of nitrogens with one attached hydrogen (secondary N) is 2. The van der Waals surface area contributed by atoms with Gasteiger partial charge in [-0.1, -0.05) is 71.2 Å². The smallest absolute Gasteiger partial charge is 0.407 e. The second kappa shape index (κ2) is 16.6. The monoisotopic (exact) mass is 777 g/mol. The number of ether oxygens (including phenoxy) is 2. The van der Waals surface area contributed by atoms with Crippen LogP contribution in [0.3, 0.4) is 0 Å². The van der Waals surface area contributed by atoms with Crippen LogP contribution in [0, 0.1) is 0 Å². The number of aliphatic hydroxyl groups is 1. The van der Waals surface area contributed by atoms with Gasteiger partial charge in [0.2, 0.25) is 11.8 Å². The van der Waals surface area contributed by atoms with Gasteiger partial charge in [-0.3, -0.25) is 4.79 Å². The predicted molar refractivity (Wildman–Crippen MR) is 207 cm³/mol. The molecule has 3 heterocycles. The first-order valence-corrected chi connectivity index (χ1v) is 18.1. The van der Waals surface area contributed by atoms with Gasteiger partial charge >= 0.3 is 6.09 Å². The number of pyridine rings is 2. The van der Waals surface area contributed by atoms with Gasteiger partial charge in [-0.05, 0) is 43.7 Å². The molecule has 53 heavy (non-hydrogen) atoms. The molecule has 1 saturated heterocycles. The fourth-order valence-corrected chi connectivity index (χ4v) is 7.44. The number of aliphatic hydroxyl groups excluding tert-OH is 1. The van der Waals surface area contributed by atoms with Crippen LogP contribution in [0.2, 0.25) is 15.1 Å². The van der Waals surface area contributed by atoms with Crippen molar-refractivity contribution in [2.45, 2.75) is 45.0 Å². The summed E-state index contributed by atoms with van der Waals surface area (Å²) < 4.78 is 11.4. The summed E-state index contributed by atoms with van der Waals surface area (Å²) in [6.07, 6.45) is -0.646. The molecule has 2 atom stereocenters. The number of halogens is 3. The lowest BCUT2D eigenvalue weighted by Crippen LogP contribution is -2.41. The van der Waals surface area contributed by atoms with E-state index in [0.29, 0.717) is 91.5 Å². The molecule has 0 spiro atoms. The van der Waals surface area contributed by atoms with E-state index in [9.17, 15) is 19.8 Å². The maximum atomic E-state index is 12.1. The molecule has 276 valence electrons. The number of methoxy groups -OCH3 is 2. The first-order chi connectivity index (χ1) is 25.5. The fraction of sp³-hybridized carbons (Fsp3) is 0.282. The van der Waals surface area contributed by atoms with Gasteiger partial charge in [0.05, 0.1) is 58.8 Å². The Morgan fingerprint density at radius 2 is 1.58 bits per heavy atom. The maximum absolute atomic E-state index is 12.1. The van der Waals surface area contributed by atoms with Crippen molar-refractivity contribution in [3.05, 3.63) is 92.9 Å². The number of nitrogens with zero attached hydrogens (tertiary/aromatic N) is 3. The van der Waals surface area contributed by atoms with Gasteiger partial charge in [-0.2, -0.15) is 0 Å². The topological polar surface area (TPSA) is 146 Å². The van der Waals surface area contributed by atoms with Crippen LogP contribution in [0.25, 0.3) is 44.5 Å². The Kier molecular flexibility index (Phi) is 11.9. The van der Waals surface area contributed by atoms with Crippen LogP contribution in [0.4, 0.5) is 4.79 Å². The summed E-state index contributed by atoms with van der Waals surface area (Å²) in [4.78, 5) is 34.6. The van der Waals surface area contributed by atoms with Crippen LogP contribution in [-0.4, -0.2) is 76.5 Å². The normalized spacial score (nSPS) is 14.6. The second-order valence-corrected chi connectivity index (χ2v) is 14.0. The molecular weight excluding hydrogens is 741 g/mol. The van der Waals surface area contributed by atoms with Gasteiger partial charge in [0.1, 0.15) is 5.75 Å². The van der Waals surface area contributed by atoms with E-state index in [1.807, 2.05) is 54.6 Å². The summed E-state index contributed by atoms with van der Waals surface area (Å²) in [5, 5.41) is 27.6. The number of hydrogen-bond donors (Lipinski definition) is 4. The fourth-order valence-electron chi connectivity index (χ4n) is 6.51. The largest absolute Gasteiger partial charge is 0.496 e. The van der Waals surface area contributed by atoms with Gasteiger partial charge in [0, 0.05) is 70.9 Å². The van der Waals surface area contributed by atoms with E-state index in [1.165, 1.54) is 12.0 Å². The Balaban J connectivity index is 1.30. The number of carbonyl (C=O) groups is 2. The Bertz CT molecular complexity index is 2180. The van der Waals surface area contributed by atoms with E-state index >= 15 is 0 Å². The number of benzene rings is 3. The maximum Gasteiger partial charge on any atom is 0.407 e. The molecule has 1 aliphatic rings. The molecule has 14 heteroatoms. The minimum Gasteiger partial charge on any atom is -0.496 e. The highest BCUT2D eigenvalue weighted by atomic mass is 35.5. The summed E-state index contributed by atoms with van der Waals surface area (Å²) in [6.45, 7) is 2.77. The van der Waals surface area contributed by atoms with Crippen LogP contribution >= 0.6 is 34.8 Å². The minimum absolute atomic E-state index is 0.0253. The Morgan fingerprint density at radius 1 is 0.943 bits per heavy atom. The standard InChI is InChI=1S/C39H38Cl3N5O6/c1-21(48)17-43-18-23-16-30(40)36-29(37(23)52-2)12-14-31(45-36)27-8-4-6-25(34(27)41)26-7-5-9-28(35(26)42)32-13-10-22(38(46-32)53-3)19-47(39(50)51)20-24-11-15-33(49)44-24/h4-10,12-14,16,21,24,43,48H,11,15,17-20H2,1-3H3,(H,44,49)(H,50,51)/t21?,24-/m0/s1. The number of amides is 2. The highest BCUT2D eigenvalue weighted by Gasteiger charge is 2.26.